The molecule has 0 aromatic carbocycles. The highest BCUT2D eigenvalue weighted by Crippen LogP contribution is 2.26. The zero-order valence-corrected chi connectivity index (χ0v) is 8.85. The van der Waals surface area contributed by atoms with Crippen molar-refractivity contribution in [3.8, 4) is 0 Å². The van der Waals surface area contributed by atoms with Crippen molar-refractivity contribution in [2.24, 2.45) is 5.73 Å². The predicted molar refractivity (Wildman–Crippen MR) is 52.7 cm³/mol. The van der Waals surface area contributed by atoms with Crippen molar-refractivity contribution in [2.75, 3.05) is 6.54 Å². The Morgan fingerprint density at radius 3 is 2.38 bits per heavy atom. The van der Waals surface area contributed by atoms with Crippen molar-refractivity contribution in [3.05, 3.63) is 17.3 Å². The van der Waals surface area contributed by atoms with E-state index in [4.69, 9.17) is 10.2 Å². The third-order valence-electron chi connectivity index (χ3n) is 1.88. The van der Waals surface area contributed by atoms with Gasteiger partial charge in [0.05, 0.1) is 5.69 Å². The Balaban J connectivity index is 2.96. The zero-order chi connectivity index (χ0) is 10.1. The van der Waals surface area contributed by atoms with E-state index in [1.54, 1.807) is 0 Å². The largest absolute Gasteiger partial charge is 0.445 e. The number of aryl methyl sites for hydroxylation is 1. The van der Waals surface area contributed by atoms with E-state index in [9.17, 15) is 0 Å². The van der Waals surface area contributed by atoms with E-state index in [1.165, 1.54) is 0 Å². The van der Waals surface area contributed by atoms with Gasteiger partial charge < -0.3 is 10.2 Å². The van der Waals surface area contributed by atoms with Crippen LogP contribution in [0.5, 0.6) is 0 Å². The minimum Gasteiger partial charge on any atom is -0.445 e. The van der Waals surface area contributed by atoms with Gasteiger partial charge in [-0.25, -0.2) is 4.98 Å². The molecular weight excluding hydrogens is 164 g/mol. The second-order valence-corrected chi connectivity index (χ2v) is 4.31. The summed E-state index contributed by atoms with van der Waals surface area (Å²) in [6.45, 7) is 8.92. The maximum atomic E-state index is 5.63. The summed E-state index contributed by atoms with van der Waals surface area (Å²) in [7, 11) is 0. The van der Waals surface area contributed by atoms with Crippen molar-refractivity contribution in [1.82, 2.24) is 4.98 Å². The van der Waals surface area contributed by atoms with E-state index in [2.05, 4.69) is 25.8 Å². The molecule has 3 heteroatoms. The van der Waals surface area contributed by atoms with Crippen molar-refractivity contribution in [2.45, 2.75) is 39.5 Å². The molecule has 0 aliphatic rings. The molecule has 0 aliphatic carbocycles. The Kier molecular flexibility index (Phi) is 2.76. The summed E-state index contributed by atoms with van der Waals surface area (Å²) in [5.74, 6) is 1.72. The number of oxazole rings is 1. The van der Waals surface area contributed by atoms with Crippen molar-refractivity contribution in [1.29, 1.82) is 0 Å². The number of nitrogens with two attached hydrogens (primary N) is 1. The highest BCUT2D eigenvalue weighted by molar-refractivity contribution is 5.16. The standard InChI is InChI=1S/C10H18N2O/c1-7-9(10(2,3)4)13-8(12-7)5-6-11/h5-6,11H2,1-4H3. The van der Waals surface area contributed by atoms with Gasteiger partial charge in [0.2, 0.25) is 0 Å². The van der Waals surface area contributed by atoms with Crippen LogP contribution >= 0.6 is 0 Å². The first-order valence-corrected chi connectivity index (χ1v) is 4.62. The highest BCUT2D eigenvalue weighted by Gasteiger charge is 2.22. The van der Waals surface area contributed by atoms with E-state index in [0.717, 1.165) is 23.8 Å². The lowest BCUT2D eigenvalue weighted by molar-refractivity contribution is 0.381. The number of hydrogen-bond acceptors (Lipinski definition) is 3. The summed E-state index contributed by atoms with van der Waals surface area (Å²) in [5.41, 5.74) is 6.44. The van der Waals surface area contributed by atoms with Gasteiger partial charge in [0.25, 0.3) is 0 Å². The van der Waals surface area contributed by atoms with E-state index >= 15 is 0 Å². The van der Waals surface area contributed by atoms with E-state index in [0.29, 0.717) is 6.54 Å². The Hall–Kier alpha value is -0.830. The molecule has 1 rings (SSSR count). The monoisotopic (exact) mass is 182 g/mol. The fourth-order valence-corrected chi connectivity index (χ4v) is 1.38. The average Bonchev–Trinajstić information content (AvgIpc) is 2.30. The van der Waals surface area contributed by atoms with Crippen LogP contribution in [0.3, 0.4) is 0 Å². The second kappa shape index (κ2) is 3.50. The van der Waals surface area contributed by atoms with Crippen LogP contribution < -0.4 is 5.73 Å². The molecule has 74 valence electrons. The van der Waals surface area contributed by atoms with Crippen LogP contribution in [0.25, 0.3) is 0 Å². The molecule has 0 saturated heterocycles. The third-order valence-corrected chi connectivity index (χ3v) is 1.88. The first-order chi connectivity index (χ1) is 5.95. The minimum atomic E-state index is 0.0317. The van der Waals surface area contributed by atoms with Gasteiger partial charge in [-0.15, -0.1) is 0 Å². The van der Waals surface area contributed by atoms with Crippen LogP contribution in [0.2, 0.25) is 0 Å². The van der Waals surface area contributed by atoms with Gasteiger partial charge in [-0.05, 0) is 6.92 Å². The summed E-state index contributed by atoms with van der Waals surface area (Å²) in [4.78, 5) is 4.32. The molecule has 1 aromatic heterocycles. The predicted octanol–water partition coefficient (Wildman–Crippen LogP) is 1.78. The van der Waals surface area contributed by atoms with Crippen LogP contribution in [0, 0.1) is 6.92 Å². The summed E-state index contributed by atoms with van der Waals surface area (Å²) in [6.07, 6.45) is 0.719. The molecule has 0 unspecified atom stereocenters. The van der Waals surface area contributed by atoms with E-state index < -0.39 is 0 Å². The lowest BCUT2D eigenvalue weighted by atomic mass is 9.92. The maximum Gasteiger partial charge on any atom is 0.195 e. The molecule has 1 aromatic rings. The van der Waals surface area contributed by atoms with Crippen molar-refractivity contribution < 1.29 is 4.42 Å². The quantitative estimate of drug-likeness (QED) is 0.758. The Morgan fingerprint density at radius 2 is 2.00 bits per heavy atom. The van der Waals surface area contributed by atoms with Gasteiger partial charge in [-0.1, -0.05) is 20.8 Å². The fourth-order valence-electron chi connectivity index (χ4n) is 1.38. The number of hydrogen-bond donors (Lipinski definition) is 1. The van der Waals surface area contributed by atoms with Gasteiger partial charge >= 0.3 is 0 Å². The summed E-state index contributed by atoms with van der Waals surface area (Å²) in [5, 5.41) is 0. The molecule has 0 saturated carbocycles. The van der Waals surface area contributed by atoms with E-state index in [1.807, 2.05) is 6.92 Å². The summed E-state index contributed by atoms with van der Waals surface area (Å²) in [6, 6.07) is 0. The lowest BCUT2D eigenvalue weighted by Gasteiger charge is -2.14. The van der Waals surface area contributed by atoms with Crippen LogP contribution in [0.1, 0.15) is 38.1 Å². The molecule has 0 bridgehead atoms. The first-order valence-electron chi connectivity index (χ1n) is 4.62. The Bertz CT molecular complexity index is 284. The molecule has 1 heterocycles. The van der Waals surface area contributed by atoms with Crippen LogP contribution in [0.4, 0.5) is 0 Å². The molecule has 0 atom stereocenters. The highest BCUT2D eigenvalue weighted by atomic mass is 16.4. The second-order valence-electron chi connectivity index (χ2n) is 4.31. The molecule has 13 heavy (non-hydrogen) atoms. The molecule has 0 radical (unpaired) electrons. The van der Waals surface area contributed by atoms with Crippen LogP contribution in [-0.4, -0.2) is 11.5 Å². The maximum absolute atomic E-state index is 5.63. The van der Waals surface area contributed by atoms with E-state index in [-0.39, 0.29) is 5.41 Å². The van der Waals surface area contributed by atoms with Gasteiger partial charge in [-0.3, -0.25) is 0 Å². The molecule has 0 aliphatic heterocycles. The SMILES string of the molecule is Cc1nc(CCN)oc1C(C)(C)C. The smallest absolute Gasteiger partial charge is 0.195 e. The number of aromatic nitrogens is 1. The number of nitrogens with zero attached hydrogens (tertiary/aromatic N) is 1. The molecular formula is C10H18N2O. The molecule has 3 nitrogen and oxygen atoms in total. The van der Waals surface area contributed by atoms with Crippen LogP contribution in [0.15, 0.2) is 4.42 Å². The minimum absolute atomic E-state index is 0.0317. The lowest BCUT2D eigenvalue weighted by Crippen LogP contribution is -2.11. The van der Waals surface area contributed by atoms with Crippen molar-refractivity contribution in [3.63, 3.8) is 0 Å². The third kappa shape index (κ3) is 2.31. The van der Waals surface area contributed by atoms with Gasteiger partial charge in [0.1, 0.15) is 5.76 Å². The Labute approximate surface area is 79.3 Å². The van der Waals surface area contributed by atoms with Gasteiger partial charge in [0, 0.05) is 18.4 Å². The van der Waals surface area contributed by atoms with Gasteiger partial charge in [-0.2, -0.15) is 0 Å². The molecule has 0 fully saturated rings. The first kappa shape index (κ1) is 10.3. The molecule has 2 N–H and O–H groups in total. The summed E-state index contributed by atoms with van der Waals surface area (Å²) < 4.78 is 5.63. The summed E-state index contributed by atoms with van der Waals surface area (Å²) >= 11 is 0. The normalized spacial score (nSPS) is 12.1. The van der Waals surface area contributed by atoms with Crippen molar-refractivity contribution >= 4 is 0 Å². The van der Waals surface area contributed by atoms with Gasteiger partial charge in [0.15, 0.2) is 5.89 Å². The zero-order valence-electron chi connectivity index (χ0n) is 8.85. The fraction of sp³-hybridized carbons (Fsp3) is 0.700. The average molecular weight is 182 g/mol. The Morgan fingerprint density at radius 1 is 1.38 bits per heavy atom. The molecule has 0 spiro atoms. The van der Waals surface area contributed by atoms with Crippen LogP contribution in [-0.2, 0) is 11.8 Å². The number of rotatable bonds is 2. The topological polar surface area (TPSA) is 52.0 Å². The molecule has 0 amide bonds.